The molecule has 1 amide bonds. The third kappa shape index (κ3) is 5.24. The molecule has 29 heavy (non-hydrogen) atoms. The second-order valence-electron chi connectivity index (χ2n) is 5.97. The number of halogens is 5. The van der Waals surface area contributed by atoms with Gasteiger partial charge in [-0.15, -0.1) is 11.3 Å². The first-order valence-electron chi connectivity index (χ1n) is 8.04. The van der Waals surface area contributed by atoms with Crippen molar-refractivity contribution in [3.05, 3.63) is 64.3 Å². The minimum atomic E-state index is -4.46. The van der Waals surface area contributed by atoms with Gasteiger partial charge in [-0.05, 0) is 36.3 Å². The molecule has 0 saturated heterocycles. The molecule has 4 nitrogen and oxygen atoms in total. The number of aromatic nitrogens is 2. The van der Waals surface area contributed by atoms with Crippen LogP contribution in [0.1, 0.15) is 28.7 Å². The largest absolute Gasteiger partial charge is 0.416 e. The lowest BCUT2D eigenvalue weighted by Gasteiger charge is -2.07. The molecule has 2 aromatic heterocycles. The number of anilines is 1. The normalized spacial score (nSPS) is 11.4. The number of alkyl halides is 3. The van der Waals surface area contributed by atoms with Crippen molar-refractivity contribution in [3.63, 3.8) is 0 Å². The second-order valence-corrected chi connectivity index (χ2v) is 7.63. The summed E-state index contributed by atoms with van der Waals surface area (Å²) in [4.78, 5) is 16.8. The number of benzene rings is 1. The Morgan fingerprint density at radius 1 is 1.21 bits per heavy atom. The molecule has 0 bridgehead atoms. The molecule has 152 valence electrons. The van der Waals surface area contributed by atoms with Gasteiger partial charge >= 0.3 is 6.18 Å². The van der Waals surface area contributed by atoms with Crippen molar-refractivity contribution in [2.75, 3.05) is 5.32 Å². The van der Waals surface area contributed by atoms with E-state index in [1.54, 1.807) is 0 Å². The molecule has 0 saturated carbocycles. The summed E-state index contributed by atoms with van der Waals surface area (Å²) < 4.78 is 67.5. The number of allylic oxidation sites excluding steroid dienone is 1. The number of hydrogen-bond donors (Lipinski definition) is 1. The van der Waals surface area contributed by atoms with Gasteiger partial charge in [-0.1, -0.05) is 12.1 Å². The van der Waals surface area contributed by atoms with Crippen molar-refractivity contribution in [3.8, 4) is 10.4 Å². The Hall–Kier alpha value is -2.66. The quantitative estimate of drug-likeness (QED) is 0.472. The van der Waals surface area contributed by atoms with Crippen molar-refractivity contribution in [1.82, 2.24) is 9.36 Å². The molecule has 3 aromatic rings. The topological polar surface area (TPSA) is 54.9 Å². The smallest absolute Gasteiger partial charge is 0.297 e. The lowest BCUT2D eigenvalue weighted by Crippen LogP contribution is -2.10. The molecule has 11 heteroatoms. The van der Waals surface area contributed by atoms with Gasteiger partial charge in [0.2, 0.25) is 5.13 Å². The Kier molecular flexibility index (Phi) is 6.08. The van der Waals surface area contributed by atoms with Gasteiger partial charge in [0, 0.05) is 28.2 Å². The number of carbonyl (C=O) groups is 1. The highest BCUT2D eigenvalue weighted by atomic mass is 32.1. The maximum Gasteiger partial charge on any atom is 0.416 e. The predicted octanol–water partition coefficient (Wildman–Crippen LogP) is 6.25. The number of amides is 1. The molecule has 0 spiro atoms. The van der Waals surface area contributed by atoms with Gasteiger partial charge in [0.1, 0.15) is 5.82 Å². The lowest BCUT2D eigenvalue weighted by atomic mass is 10.1. The first-order chi connectivity index (χ1) is 13.6. The van der Waals surface area contributed by atoms with E-state index in [0.717, 1.165) is 35.0 Å². The molecule has 3 rings (SSSR count). The van der Waals surface area contributed by atoms with Gasteiger partial charge in [-0.3, -0.25) is 10.1 Å². The van der Waals surface area contributed by atoms with Crippen molar-refractivity contribution in [2.24, 2.45) is 0 Å². The number of carbonyl (C=O) groups excluding carboxylic acids is 1. The van der Waals surface area contributed by atoms with E-state index in [-0.39, 0.29) is 28.5 Å². The van der Waals surface area contributed by atoms with Crippen LogP contribution in [0.4, 0.5) is 27.1 Å². The Bertz CT molecular complexity index is 1070. The summed E-state index contributed by atoms with van der Waals surface area (Å²) in [5.41, 5.74) is -0.350. The van der Waals surface area contributed by atoms with Crippen LogP contribution >= 0.6 is 22.9 Å². The maximum absolute atomic E-state index is 12.9. The van der Waals surface area contributed by atoms with Crippen LogP contribution in [0, 0.1) is 0 Å². The zero-order valence-corrected chi connectivity index (χ0v) is 16.3. The fourth-order valence-corrected chi connectivity index (χ4v) is 3.77. The molecule has 1 N–H and O–H groups in total. The highest BCUT2D eigenvalue weighted by molar-refractivity contribution is 7.14. The van der Waals surface area contributed by atoms with Crippen molar-refractivity contribution in [2.45, 2.75) is 19.5 Å². The van der Waals surface area contributed by atoms with Crippen LogP contribution in [0.5, 0.6) is 0 Å². The number of rotatable bonds is 5. The van der Waals surface area contributed by atoms with Crippen LogP contribution in [-0.4, -0.2) is 15.3 Å². The third-order valence-electron chi connectivity index (χ3n) is 3.77. The molecule has 0 aliphatic rings. The summed E-state index contributed by atoms with van der Waals surface area (Å²) in [6.45, 7) is 1.26. The zero-order valence-electron chi connectivity index (χ0n) is 14.7. The minimum absolute atomic E-state index is 0.132. The first kappa shape index (κ1) is 21.1. The van der Waals surface area contributed by atoms with E-state index in [2.05, 4.69) is 14.7 Å². The van der Waals surface area contributed by atoms with E-state index in [9.17, 15) is 26.7 Å². The predicted molar refractivity (Wildman–Crippen MR) is 101 cm³/mol. The number of nitrogens with one attached hydrogen (secondary N) is 1. The molecule has 0 fully saturated rings. The van der Waals surface area contributed by atoms with E-state index in [1.165, 1.54) is 30.5 Å². The third-order valence-corrected chi connectivity index (χ3v) is 5.42. The molecule has 0 aliphatic carbocycles. The highest BCUT2D eigenvalue weighted by Gasteiger charge is 2.30. The minimum Gasteiger partial charge on any atom is -0.297 e. The van der Waals surface area contributed by atoms with Gasteiger partial charge in [0.25, 0.3) is 12.0 Å². The van der Waals surface area contributed by atoms with Crippen molar-refractivity contribution >= 4 is 33.9 Å². The van der Waals surface area contributed by atoms with Crippen molar-refractivity contribution in [1.29, 1.82) is 0 Å². The molecule has 0 unspecified atom stereocenters. The Labute approximate surface area is 169 Å². The van der Waals surface area contributed by atoms with Crippen LogP contribution in [0.3, 0.4) is 0 Å². The van der Waals surface area contributed by atoms with E-state index >= 15 is 0 Å². The molecule has 0 aliphatic heterocycles. The van der Waals surface area contributed by atoms with E-state index in [1.807, 2.05) is 0 Å². The monoisotopic (exact) mass is 445 g/mol. The molecule has 2 heterocycles. The average Bonchev–Trinajstić information content (AvgIpc) is 3.31. The second kappa shape index (κ2) is 8.37. The summed E-state index contributed by atoms with van der Waals surface area (Å²) in [5.74, 6) is -0.364. The van der Waals surface area contributed by atoms with E-state index in [0.29, 0.717) is 10.4 Å². The van der Waals surface area contributed by atoms with Gasteiger partial charge in [0.05, 0.1) is 11.1 Å². The van der Waals surface area contributed by atoms with Crippen LogP contribution in [0.15, 0.2) is 47.4 Å². The first-order valence-corrected chi connectivity index (χ1v) is 9.69. The maximum atomic E-state index is 12.9. The molecule has 0 radical (unpaired) electrons. The summed E-state index contributed by atoms with van der Waals surface area (Å²) in [5, 5.41) is 4.17. The summed E-state index contributed by atoms with van der Waals surface area (Å²) in [6, 6.07) is 6.30. The van der Waals surface area contributed by atoms with Crippen LogP contribution < -0.4 is 5.32 Å². The summed E-state index contributed by atoms with van der Waals surface area (Å²) in [7, 11) is 0. The van der Waals surface area contributed by atoms with Gasteiger partial charge < -0.3 is 0 Å². The Morgan fingerprint density at radius 3 is 2.66 bits per heavy atom. The highest BCUT2D eigenvalue weighted by Crippen LogP contribution is 2.34. The number of nitrogens with zero attached hydrogens (tertiary/aromatic N) is 2. The van der Waals surface area contributed by atoms with Crippen LogP contribution in [-0.2, 0) is 12.6 Å². The molecule has 1 aromatic carbocycles. The van der Waals surface area contributed by atoms with Crippen LogP contribution in [0.2, 0.25) is 0 Å². The molecule has 0 atom stereocenters. The van der Waals surface area contributed by atoms with Gasteiger partial charge in [0.15, 0.2) is 0 Å². The molecular weight excluding hydrogens is 433 g/mol. The summed E-state index contributed by atoms with van der Waals surface area (Å²) >= 11 is 1.98. The number of thiophene rings is 1. The van der Waals surface area contributed by atoms with Gasteiger partial charge in [-0.25, -0.2) is 4.98 Å². The van der Waals surface area contributed by atoms with Gasteiger partial charge in [-0.2, -0.15) is 26.3 Å². The van der Waals surface area contributed by atoms with Crippen LogP contribution in [0.25, 0.3) is 10.4 Å². The summed E-state index contributed by atoms with van der Waals surface area (Å²) in [6.07, 6.45) is -6.39. The SMILES string of the molecule is CC(Cc1nsc(NC(=O)c2csc(-c3cccc(C(F)(F)F)c3)c2)n1)=C(F)F. The van der Waals surface area contributed by atoms with Crippen molar-refractivity contribution < 1.29 is 26.7 Å². The Morgan fingerprint density at radius 2 is 1.97 bits per heavy atom. The molecular formula is C18H12F5N3OS2. The fourth-order valence-electron chi connectivity index (χ4n) is 2.31. The zero-order chi connectivity index (χ0) is 21.2. The number of hydrogen-bond acceptors (Lipinski definition) is 5. The standard InChI is InChI=1S/C18H12F5N3OS2/c1-9(15(19)20)5-14-24-17(29-26-14)25-16(27)11-7-13(28-8-11)10-3-2-4-12(6-10)18(21,22)23/h2-4,6-8H,5H2,1H3,(H,24,25,26,27). The fraction of sp³-hybridized carbons (Fsp3) is 0.167. The van der Waals surface area contributed by atoms with E-state index in [4.69, 9.17) is 0 Å². The Balaban J connectivity index is 1.72. The van der Waals surface area contributed by atoms with E-state index < -0.39 is 23.7 Å². The average molecular weight is 445 g/mol. The lowest BCUT2D eigenvalue weighted by molar-refractivity contribution is -0.137.